The van der Waals surface area contributed by atoms with Gasteiger partial charge in [0.15, 0.2) is 0 Å². The molecule has 0 aliphatic carbocycles. The zero-order valence-electron chi connectivity index (χ0n) is 61.4. The molecule has 15 aromatic rings. The molecule has 0 atom stereocenters. The van der Waals surface area contributed by atoms with Crippen molar-refractivity contribution in [1.29, 1.82) is 0 Å². The minimum Gasteiger partial charge on any atom is -0.386 e. The summed E-state index contributed by atoms with van der Waals surface area (Å²) in [6, 6.07) is 141. The molecular formula is C102H87O4P. The van der Waals surface area contributed by atoms with Gasteiger partial charge in [-0.3, -0.25) is 0 Å². The molecule has 0 aliphatic heterocycles. The Morgan fingerprint density at radius 1 is 0.196 bits per heavy atom. The Kier molecular flexibility index (Phi) is 20.4. The van der Waals surface area contributed by atoms with Gasteiger partial charge in [-0.05, 0) is 153 Å². The Morgan fingerprint density at radius 3 is 0.514 bits per heavy atom. The first-order valence-corrected chi connectivity index (χ1v) is 38.5. The Labute approximate surface area is 632 Å². The number of rotatable bonds is 24. The fourth-order valence-electron chi connectivity index (χ4n) is 16.4. The average Bonchev–Trinajstić information content (AvgIpc) is 0.761. The van der Waals surface area contributed by atoms with Crippen LogP contribution in [0.4, 0.5) is 0 Å². The van der Waals surface area contributed by atoms with Crippen LogP contribution in [-0.4, -0.2) is 0 Å². The number of phosphoric ester groups is 1. The van der Waals surface area contributed by atoms with Gasteiger partial charge in [-0.25, -0.2) is 0 Å². The monoisotopic (exact) mass is 1410 g/mol. The summed E-state index contributed by atoms with van der Waals surface area (Å²) in [7, 11) is -4.64. The first-order valence-electron chi connectivity index (χ1n) is 37.1. The lowest BCUT2D eigenvalue weighted by atomic mass is 9.65. The van der Waals surface area contributed by atoms with Gasteiger partial charge in [0.05, 0.1) is 0 Å². The second-order valence-corrected chi connectivity index (χ2v) is 30.9. The van der Waals surface area contributed by atoms with Crippen molar-refractivity contribution in [2.24, 2.45) is 0 Å². The van der Waals surface area contributed by atoms with Gasteiger partial charge in [-0.2, -0.15) is 4.57 Å². The maximum Gasteiger partial charge on any atom is 0.647 e. The molecule has 0 aromatic heterocycles. The molecule has 0 spiro atoms. The molecule has 107 heavy (non-hydrogen) atoms. The summed E-state index contributed by atoms with van der Waals surface area (Å²) in [4.78, 5) is 0. The lowest BCUT2D eigenvalue weighted by molar-refractivity contribution is 0.298. The predicted molar refractivity (Wildman–Crippen MR) is 445 cm³/mol. The van der Waals surface area contributed by atoms with E-state index in [1.807, 2.05) is 36.4 Å². The molecule has 0 amide bonds. The Balaban J connectivity index is 0.813. The smallest absolute Gasteiger partial charge is 0.386 e. The van der Waals surface area contributed by atoms with Gasteiger partial charge >= 0.3 is 7.82 Å². The normalized spacial score (nSPS) is 11.9. The Morgan fingerprint density at radius 2 is 0.346 bits per heavy atom. The molecule has 0 saturated carbocycles. The second-order valence-electron chi connectivity index (χ2n) is 29.5. The fourth-order valence-corrected chi connectivity index (χ4v) is 17.6. The highest BCUT2D eigenvalue weighted by Gasteiger charge is 2.42. The molecule has 5 heteroatoms. The van der Waals surface area contributed by atoms with Gasteiger partial charge in [-0.1, -0.05) is 406 Å². The largest absolute Gasteiger partial charge is 0.647 e. The molecule has 0 unspecified atom stereocenters. The predicted octanol–water partition coefficient (Wildman–Crippen LogP) is 27.7. The van der Waals surface area contributed by atoms with Gasteiger partial charge < -0.3 is 13.6 Å². The van der Waals surface area contributed by atoms with Crippen LogP contribution in [0.15, 0.2) is 400 Å². The first-order chi connectivity index (χ1) is 52.2. The van der Waals surface area contributed by atoms with Crippen molar-refractivity contribution in [1.82, 2.24) is 0 Å². The molecule has 4 nitrogen and oxygen atoms in total. The summed E-state index contributed by atoms with van der Waals surface area (Å²) in [5.74, 6) is 0.553. The van der Waals surface area contributed by atoms with E-state index < -0.39 is 24.1 Å². The van der Waals surface area contributed by atoms with Gasteiger partial charge in [0.25, 0.3) is 0 Å². The average molecular weight is 1410 g/mol. The standard InChI is InChI=1S/C102H87O4P/c1-100(2,97(91-55-31-25-49-85(91)73-37-13-7-14-38-73)92-56-32-26-50-86(92)74-39-15-8-16-40-74)79-61-67-82(68-62-79)104-107(103,105-83-69-63-80(64-70-83)101(3,4)98(93-57-33-27-51-87(93)75-41-17-9-18-42-75)94-58-34-28-52-88(94)76-43-19-10-20-44-76)106-84-71-65-81(66-72-84)102(5,6)99(95-59-35-29-53-89(95)77-45-21-11-22-46-77)96-60-36-30-54-90(96)78-47-23-12-24-48-78/h7-72,97-99H,1-6H3. The molecule has 0 bridgehead atoms. The number of hydrogen-bond donors (Lipinski definition) is 0. The SMILES string of the molecule is CC(C)(c1ccc(OP(=O)(Oc2ccc(C(C)(C)C(c3ccccc3-c3ccccc3)c3ccccc3-c3ccccc3)cc2)Oc2ccc(C(C)(C)C(c3ccccc3-c3ccccc3)c3ccccc3-c3ccccc3)cc2)cc1)C(c1ccccc1-c1ccccc1)c1ccccc1-c1ccccc1. The van der Waals surface area contributed by atoms with Crippen LogP contribution >= 0.6 is 7.82 Å². The van der Waals surface area contributed by atoms with E-state index in [4.69, 9.17) is 13.6 Å². The maximum absolute atomic E-state index is 16.4. The molecule has 524 valence electrons. The number of hydrogen-bond acceptors (Lipinski definition) is 4. The Bertz CT molecular complexity index is 4730. The zero-order chi connectivity index (χ0) is 73.4. The summed E-state index contributed by atoms with van der Waals surface area (Å²) in [6.45, 7) is 13.9. The van der Waals surface area contributed by atoms with Crippen LogP contribution in [0.5, 0.6) is 17.2 Å². The summed E-state index contributed by atoms with van der Waals surface area (Å²) in [5.41, 5.74) is 22.7. The topological polar surface area (TPSA) is 44.8 Å². The summed E-state index contributed by atoms with van der Waals surface area (Å²) in [6.07, 6.45) is 0. The van der Waals surface area contributed by atoms with Gasteiger partial charge in [0.2, 0.25) is 0 Å². The van der Waals surface area contributed by atoms with Crippen LogP contribution in [0.3, 0.4) is 0 Å². The third-order valence-corrected chi connectivity index (χ3v) is 23.1. The quantitative estimate of drug-likeness (QED) is 0.0566. The van der Waals surface area contributed by atoms with Crippen molar-refractivity contribution in [2.75, 3.05) is 0 Å². The van der Waals surface area contributed by atoms with E-state index in [1.54, 1.807) is 0 Å². The van der Waals surface area contributed by atoms with Gasteiger partial charge in [-0.15, -0.1) is 0 Å². The van der Waals surface area contributed by atoms with Crippen molar-refractivity contribution >= 4 is 7.82 Å². The van der Waals surface area contributed by atoms with Crippen LogP contribution in [0.25, 0.3) is 66.8 Å². The minimum absolute atomic E-state index is 0.138. The summed E-state index contributed by atoms with van der Waals surface area (Å²) < 4.78 is 36.8. The van der Waals surface area contributed by atoms with E-state index >= 15 is 4.57 Å². The lowest BCUT2D eigenvalue weighted by Crippen LogP contribution is -2.29. The summed E-state index contributed by atoms with van der Waals surface area (Å²) in [5, 5.41) is 0. The highest BCUT2D eigenvalue weighted by atomic mass is 31.2. The molecule has 0 saturated heterocycles. The van der Waals surface area contributed by atoms with Crippen LogP contribution < -0.4 is 13.6 Å². The van der Waals surface area contributed by atoms with Crippen LogP contribution in [0, 0.1) is 0 Å². The van der Waals surface area contributed by atoms with Crippen molar-refractivity contribution < 1.29 is 18.1 Å². The third-order valence-electron chi connectivity index (χ3n) is 21.8. The second kappa shape index (κ2) is 30.9. The van der Waals surface area contributed by atoms with E-state index in [1.165, 1.54) is 66.8 Å². The minimum atomic E-state index is -4.64. The fraction of sp³-hybridized carbons (Fsp3) is 0.118. The van der Waals surface area contributed by atoms with E-state index in [0.29, 0.717) is 17.2 Å². The third kappa shape index (κ3) is 14.9. The molecule has 0 N–H and O–H groups in total. The molecule has 15 rings (SSSR count). The van der Waals surface area contributed by atoms with Crippen molar-refractivity contribution in [2.45, 2.75) is 75.5 Å². The van der Waals surface area contributed by atoms with Crippen molar-refractivity contribution in [3.63, 3.8) is 0 Å². The lowest BCUT2D eigenvalue weighted by Gasteiger charge is -2.38. The maximum atomic E-state index is 16.4. The van der Waals surface area contributed by atoms with Gasteiger partial charge in [0.1, 0.15) is 17.2 Å². The summed E-state index contributed by atoms with van der Waals surface area (Å²) >= 11 is 0. The zero-order valence-corrected chi connectivity index (χ0v) is 62.3. The van der Waals surface area contributed by atoms with E-state index in [2.05, 4.69) is 406 Å². The Hall–Kier alpha value is -12.1. The highest BCUT2D eigenvalue weighted by Crippen LogP contribution is 2.56. The molecule has 0 fully saturated rings. The highest BCUT2D eigenvalue weighted by molar-refractivity contribution is 7.49. The van der Waals surface area contributed by atoms with Crippen molar-refractivity contribution in [3.05, 3.63) is 450 Å². The number of phosphoric acid groups is 1. The molecule has 15 aromatic carbocycles. The first kappa shape index (κ1) is 70.6. The van der Waals surface area contributed by atoms with Crippen LogP contribution in [0.1, 0.15) is 109 Å². The molecular weight excluding hydrogens is 1320 g/mol. The molecule has 0 aliphatic rings. The van der Waals surface area contributed by atoms with Gasteiger partial charge in [0, 0.05) is 34.0 Å². The van der Waals surface area contributed by atoms with E-state index in [0.717, 1.165) is 50.1 Å². The van der Waals surface area contributed by atoms with Crippen molar-refractivity contribution in [3.8, 4) is 84.0 Å². The van der Waals surface area contributed by atoms with E-state index in [-0.39, 0.29) is 17.8 Å². The number of benzene rings is 15. The van der Waals surface area contributed by atoms with E-state index in [9.17, 15) is 0 Å². The molecule has 0 radical (unpaired) electrons. The van der Waals surface area contributed by atoms with Crippen LogP contribution in [0.2, 0.25) is 0 Å². The van der Waals surface area contributed by atoms with Crippen LogP contribution in [-0.2, 0) is 20.8 Å². The molecule has 0 heterocycles.